The normalized spacial score (nSPS) is 12.3. The lowest BCUT2D eigenvalue weighted by Gasteiger charge is -2.19. The number of rotatable bonds is 7. The van der Waals surface area contributed by atoms with E-state index in [0.717, 1.165) is 5.69 Å². The van der Waals surface area contributed by atoms with Crippen LogP contribution < -0.4 is 16.4 Å². The molecule has 0 saturated heterocycles. The minimum Gasteiger partial charge on any atom is -0.371 e. The molecule has 1 amide bonds. The second-order valence-electron chi connectivity index (χ2n) is 6.78. The molecule has 1 aromatic carbocycles. The highest BCUT2D eigenvalue weighted by Crippen LogP contribution is 2.28. The average Bonchev–Trinajstić information content (AvgIpc) is 2.59. The molecular formula is C18H23N5O3. The molecule has 26 heavy (non-hydrogen) atoms. The van der Waals surface area contributed by atoms with Crippen LogP contribution in [0.15, 0.2) is 42.6 Å². The van der Waals surface area contributed by atoms with E-state index < -0.39 is 16.4 Å². The van der Waals surface area contributed by atoms with E-state index in [0.29, 0.717) is 5.69 Å². The van der Waals surface area contributed by atoms with Crippen molar-refractivity contribution in [3.63, 3.8) is 0 Å². The van der Waals surface area contributed by atoms with Crippen molar-refractivity contribution in [3.8, 4) is 0 Å². The lowest BCUT2D eigenvalue weighted by atomic mass is 10.1. The smallest absolute Gasteiger partial charge is 0.293 e. The summed E-state index contributed by atoms with van der Waals surface area (Å²) >= 11 is 0. The van der Waals surface area contributed by atoms with Gasteiger partial charge < -0.3 is 16.4 Å². The first-order valence-electron chi connectivity index (χ1n) is 8.20. The Morgan fingerprint density at radius 3 is 2.65 bits per heavy atom. The SMILES string of the molecule is CC(Nc1ccc(C(=O)NCC(C)(C)N)cc1[N+](=O)[O-])c1ccccn1. The van der Waals surface area contributed by atoms with Crippen molar-refractivity contribution in [3.05, 3.63) is 64.0 Å². The largest absolute Gasteiger partial charge is 0.371 e. The highest BCUT2D eigenvalue weighted by molar-refractivity contribution is 5.95. The van der Waals surface area contributed by atoms with Crippen LogP contribution in [0.1, 0.15) is 42.9 Å². The molecule has 138 valence electrons. The summed E-state index contributed by atoms with van der Waals surface area (Å²) in [5, 5.41) is 17.2. The third-order valence-corrected chi connectivity index (χ3v) is 3.66. The minimum absolute atomic E-state index is 0.174. The van der Waals surface area contributed by atoms with Gasteiger partial charge in [-0.25, -0.2) is 0 Å². The summed E-state index contributed by atoms with van der Waals surface area (Å²) in [6, 6.07) is 9.58. The van der Waals surface area contributed by atoms with Crippen LogP contribution in [0.4, 0.5) is 11.4 Å². The zero-order valence-corrected chi connectivity index (χ0v) is 15.0. The second-order valence-corrected chi connectivity index (χ2v) is 6.78. The van der Waals surface area contributed by atoms with Gasteiger partial charge in [-0.1, -0.05) is 6.07 Å². The van der Waals surface area contributed by atoms with Gasteiger partial charge >= 0.3 is 0 Å². The number of nitrogens with two attached hydrogens (primary N) is 1. The number of nitrogens with zero attached hydrogens (tertiary/aromatic N) is 2. The number of hydrogen-bond donors (Lipinski definition) is 3. The molecule has 8 nitrogen and oxygen atoms in total. The Hall–Kier alpha value is -3.00. The number of nitrogens with one attached hydrogen (secondary N) is 2. The van der Waals surface area contributed by atoms with Crippen LogP contribution in [0.25, 0.3) is 0 Å². The van der Waals surface area contributed by atoms with E-state index in [2.05, 4.69) is 15.6 Å². The van der Waals surface area contributed by atoms with Gasteiger partial charge in [0.05, 0.1) is 16.7 Å². The fraction of sp³-hybridized carbons (Fsp3) is 0.333. The fourth-order valence-corrected chi connectivity index (χ4v) is 2.30. The lowest BCUT2D eigenvalue weighted by Crippen LogP contribution is -2.45. The summed E-state index contributed by atoms with van der Waals surface area (Å²) in [7, 11) is 0. The average molecular weight is 357 g/mol. The third kappa shape index (κ3) is 5.25. The van der Waals surface area contributed by atoms with Crippen molar-refractivity contribution in [2.45, 2.75) is 32.4 Å². The molecular weight excluding hydrogens is 334 g/mol. The van der Waals surface area contributed by atoms with E-state index in [1.807, 2.05) is 19.1 Å². The van der Waals surface area contributed by atoms with Gasteiger partial charge in [-0.15, -0.1) is 0 Å². The number of nitro benzene ring substituents is 1. The van der Waals surface area contributed by atoms with Crippen LogP contribution in [0.2, 0.25) is 0 Å². The Kier molecular flexibility index (Phi) is 5.89. The maximum atomic E-state index is 12.2. The van der Waals surface area contributed by atoms with E-state index in [1.54, 1.807) is 32.2 Å². The number of amides is 1. The molecule has 0 bridgehead atoms. The Balaban J connectivity index is 2.21. The van der Waals surface area contributed by atoms with Crippen molar-refractivity contribution in [2.24, 2.45) is 5.73 Å². The van der Waals surface area contributed by atoms with E-state index >= 15 is 0 Å². The van der Waals surface area contributed by atoms with Gasteiger partial charge in [-0.05, 0) is 45.0 Å². The van der Waals surface area contributed by atoms with Crippen molar-refractivity contribution in [1.82, 2.24) is 10.3 Å². The number of aromatic nitrogens is 1. The summed E-state index contributed by atoms with van der Waals surface area (Å²) in [6.45, 7) is 5.68. The number of hydrogen-bond acceptors (Lipinski definition) is 6. The summed E-state index contributed by atoms with van der Waals surface area (Å²) in [5.41, 5.74) is 6.38. The molecule has 2 rings (SSSR count). The quantitative estimate of drug-likeness (QED) is 0.517. The molecule has 0 aliphatic heterocycles. The van der Waals surface area contributed by atoms with Crippen LogP contribution in [-0.2, 0) is 0 Å². The number of benzene rings is 1. The van der Waals surface area contributed by atoms with Gasteiger partial charge in [-0.2, -0.15) is 0 Å². The van der Waals surface area contributed by atoms with Crippen molar-refractivity contribution < 1.29 is 9.72 Å². The second kappa shape index (κ2) is 7.92. The Morgan fingerprint density at radius 1 is 1.35 bits per heavy atom. The molecule has 0 saturated carbocycles. The predicted octanol–water partition coefficient (Wildman–Crippen LogP) is 2.63. The summed E-state index contributed by atoms with van der Waals surface area (Å²) in [4.78, 5) is 27.3. The Labute approximate surface area is 152 Å². The van der Waals surface area contributed by atoms with Crippen molar-refractivity contribution in [1.29, 1.82) is 0 Å². The standard InChI is InChI=1S/C18H23N5O3/c1-12(14-6-4-5-9-20-14)22-15-8-7-13(10-16(15)23(25)26)17(24)21-11-18(2,3)19/h4-10,12,22H,11,19H2,1-3H3,(H,21,24). The first-order valence-corrected chi connectivity index (χ1v) is 8.20. The molecule has 0 spiro atoms. The highest BCUT2D eigenvalue weighted by atomic mass is 16.6. The topological polar surface area (TPSA) is 123 Å². The van der Waals surface area contributed by atoms with E-state index in [1.165, 1.54) is 12.1 Å². The van der Waals surface area contributed by atoms with Crippen molar-refractivity contribution >= 4 is 17.3 Å². The van der Waals surface area contributed by atoms with Gasteiger partial charge in [-0.3, -0.25) is 19.9 Å². The third-order valence-electron chi connectivity index (χ3n) is 3.66. The fourth-order valence-electron chi connectivity index (χ4n) is 2.30. The molecule has 0 radical (unpaired) electrons. The monoisotopic (exact) mass is 357 g/mol. The number of carbonyl (C=O) groups excluding carboxylic acids is 1. The molecule has 1 aromatic heterocycles. The van der Waals surface area contributed by atoms with E-state index in [-0.39, 0.29) is 23.8 Å². The summed E-state index contributed by atoms with van der Waals surface area (Å²) in [6.07, 6.45) is 1.66. The molecule has 2 aromatic rings. The summed E-state index contributed by atoms with van der Waals surface area (Å²) in [5.74, 6) is -0.407. The van der Waals surface area contributed by atoms with Crippen LogP contribution in [-0.4, -0.2) is 27.9 Å². The van der Waals surface area contributed by atoms with Gasteiger partial charge in [0.2, 0.25) is 0 Å². The van der Waals surface area contributed by atoms with E-state index in [9.17, 15) is 14.9 Å². The van der Waals surface area contributed by atoms with Gasteiger partial charge in [0, 0.05) is 29.9 Å². The minimum atomic E-state index is -0.568. The number of pyridine rings is 1. The van der Waals surface area contributed by atoms with Gasteiger partial charge in [0.15, 0.2) is 0 Å². The highest BCUT2D eigenvalue weighted by Gasteiger charge is 2.20. The zero-order valence-electron chi connectivity index (χ0n) is 15.0. The first-order chi connectivity index (χ1) is 12.2. The molecule has 0 aliphatic carbocycles. The molecule has 1 unspecified atom stereocenters. The molecule has 4 N–H and O–H groups in total. The molecule has 0 aliphatic rings. The van der Waals surface area contributed by atoms with Gasteiger partial charge in [0.1, 0.15) is 5.69 Å². The molecule has 1 heterocycles. The number of nitro groups is 1. The predicted molar refractivity (Wildman–Crippen MR) is 100.0 cm³/mol. The number of carbonyl (C=O) groups is 1. The molecule has 1 atom stereocenters. The Bertz CT molecular complexity index is 787. The number of anilines is 1. The van der Waals surface area contributed by atoms with Crippen LogP contribution in [0, 0.1) is 10.1 Å². The maximum Gasteiger partial charge on any atom is 0.293 e. The Morgan fingerprint density at radius 2 is 2.08 bits per heavy atom. The summed E-state index contributed by atoms with van der Waals surface area (Å²) < 4.78 is 0. The lowest BCUT2D eigenvalue weighted by molar-refractivity contribution is -0.384. The van der Waals surface area contributed by atoms with E-state index in [4.69, 9.17) is 5.73 Å². The van der Waals surface area contributed by atoms with Crippen LogP contribution in [0.3, 0.4) is 0 Å². The first kappa shape index (κ1) is 19.3. The zero-order chi connectivity index (χ0) is 19.3. The van der Waals surface area contributed by atoms with Crippen molar-refractivity contribution in [2.75, 3.05) is 11.9 Å². The van der Waals surface area contributed by atoms with Gasteiger partial charge in [0.25, 0.3) is 11.6 Å². The molecule has 8 heteroatoms. The van der Waals surface area contributed by atoms with Crippen LogP contribution in [0.5, 0.6) is 0 Å². The van der Waals surface area contributed by atoms with Crippen LogP contribution >= 0.6 is 0 Å². The molecule has 0 fully saturated rings. The maximum absolute atomic E-state index is 12.2.